The summed E-state index contributed by atoms with van der Waals surface area (Å²) in [5, 5.41) is 0. The second-order valence-electron chi connectivity index (χ2n) is 4.95. The van der Waals surface area contributed by atoms with Crippen molar-refractivity contribution < 1.29 is 4.74 Å². The molecule has 2 unspecified atom stereocenters. The van der Waals surface area contributed by atoms with Crippen LogP contribution in [0.3, 0.4) is 0 Å². The van der Waals surface area contributed by atoms with Crippen molar-refractivity contribution in [2.75, 3.05) is 6.61 Å². The van der Waals surface area contributed by atoms with Gasteiger partial charge in [0.1, 0.15) is 0 Å². The zero-order valence-electron chi connectivity index (χ0n) is 10.6. The molecule has 0 saturated carbocycles. The fourth-order valence-electron chi connectivity index (χ4n) is 2.34. The van der Waals surface area contributed by atoms with Crippen molar-refractivity contribution in [1.82, 2.24) is 0 Å². The zero-order valence-corrected chi connectivity index (χ0v) is 10.6. The van der Waals surface area contributed by atoms with E-state index in [0.717, 1.165) is 12.5 Å². The minimum Gasteiger partial charge on any atom is -0.373 e. The largest absolute Gasteiger partial charge is 0.373 e. The van der Waals surface area contributed by atoms with Gasteiger partial charge in [-0.2, -0.15) is 0 Å². The molecule has 0 aromatic carbocycles. The second-order valence-corrected chi connectivity index (χ2v) is 4.95. The molecule has 1 heterocycles. The molecule has 0 radical (unpaired) electrons. The summed E-state index contributed by atoms with van der Waals surface area (Å²) in [7, 11) is 0. The third kappa shape index (κ3) is 6.19. The Morgan fingerprint density at radius 3 is 2.13 bits per heavy atom. The minimum atomic E-state index is 0.634. The number of rotatable bonds is 10. The molecule has 1 rings (SSSR count). The van der Waals surface area contributed by atoms with Crippen molar-refractivity contribution in [3.05, 3.63) is 0 Å². The summed E-state index contributed by atoms with van der Waals surface area (Å²) in [5.41, 5.74) is 0. The van der Waals surface area contributed by atoms with Crippen molar-refractivity contribution in [1.29, 1.82) is 0 Å². The summed E-state index contributed by atoms with van der Waals surface area (Å²) in [6.45, 7) is 5.62. The molecule has 0 spiro atoms. The van der Waals surface area contributed by atoms with Gasteiger partial charge in [-0.15, -0.1) is 0 Å². The Morgan fingerprint density at radius 2 is 1.60 bits per heavy atom. The van der Waals surface area contributed by atoms with E-state index in [2.05, 4.69) is 13.8 Å². The zero-order chi connectivity index (χ0) is 10.9. The van der Waals surface area contributed by atoms with Gasteiger partial charge in [0.05, 0.1) is 12.7 Å². The van der Waals surface area contributed by atoms with Gasteiger partial charge in [-0.3, -0.25) is 0 Å². The smallest absolute Gasteiger partial charge is 0.0837 e. The van der Waals surface area contributed by atoms with Crippen molar-refractivity contribution in [3.8, 4) is 0 Å². The fourth-order valence-corrected chi connectivity index (χ4v) is 2.34. The van der Waals surface area contributed by atoms with Gasteiger partial charge < -0.3 is 4.74 Å². The molecule has 1 aliphatic heterocycles. The van der Waals surface area contributed by atoms with Crippen molar-refractivity contribution in [2.24, 2.45) is 5.92 Å². The Labute approximate surface area is 95.6 Å². The first kappa shape index (κ1) is 13.0. The van der Waals surface area contributed by atoms with Gasteiger partial charge >= 0.3 is 0 Å². The van der Waals surface area contributed by atoms with Crippen LogP contribution >= 0.6 is 0 Å². The number of hydrogen-bond acceptors (Lipinski definition) is 1. The maximum atomic E-state index is 5.37. The first-order chi connectivity index (χ1) is 7.38. The van der Waals surface area contributed by atoms with E-state index in [4.69, 9.17) is 4.74 Å². The first-order valence-electron chi connectivity index (χ1n) is 7.00. The lowest BCUT2D eigenvalue weighted by Gasteiger charge is -2.10. The van der Waals surface area contributed by atoms with Crippen LogP contribution in [0.25, 0.3) is 0 Å². The lowest BCUT2D eigenvalue weighted by molar-refractivity contribution is 0.302. The molecule has 0 amide bonds. The van der Waals surface area contributed by atoms with E-state index >= 15 is 0 Å². The van der Waals surface area contributed by atoms with E-state index in [1.807, 2.05) is 0 Å². The summed E-state index contributed by atoms with van der Waals surface area (Å²) < 4.78 is 5.37. The number of unbranched alkanes of at least 4 members (excludes halogenated alkanes) is 6. The van der Waals surface area contributed by atoms with Crippen LogP contribution < -0.4 is 0 Å². The molecular weight excluding hydrogens is 184 g/mol. The van der Waals surface area contributed by atoms with Crippen LogP contribution in [-0.4, -0.2) is 12.7 Å². The number of ether oxygens (including phenoxy) is 1. The normalized spacial score (nSPS) is 21.6. The number of epoxide rings is 1. The van der Waals surface area contributed by atoms with Gasteiger partial charge in [0.2, 0.25) is 0 Å². The summed E-state index contributed by atoms with van der Waals surface area (Å²) in [5.74, 6) is 0.862. The van der Waals surface area contributed by atoms with Crippen LogP contribution in [0.1, 0.15) is 71.6 Å². The maximum absolute atomic E-state index is 5.37. The molecule has 90 valence electrons. The Balaban J connectivity index is 1.83. The molecule has 1 saturated heterocycles. The van der Waals surface area contributed by atoms with Crippen LogP contribution in [0.5, 0.6) is 0 Å². The van der Waals surface area contributed by atoms with E-state index < -0.39 is 0 Å². The predicted molar refractivity (Wildman–Crippen MR) is 66.1 cm³/mol. The molecule has 0 aromatic heterocycles. The molecule has 1 heteroatoms. The van der Waals surface area contributed by atoms with E-state index in [1.165, 1.54) is 57.8 Å². The highest BCUT2D eigenvalue weighted by molar-refractivity contribution is 4.77. The van der Waals surface area contributed by atoms with Gasteiger partial charge in [-0.25, -0.2) is 0 Å². The molecule has 1 aliphatic rings. The highest BCUT2D eigenvalue weighted by Crippen LogP contribution is 2.27. The average Bonchev–Trinajstić information content (AvgIpc) is 3.06. The van der Waals surface area contributed by atoms with Gasteiger partial charge in [-0.1, -0.05) is 65.2 Å². The molecule has 0 aromatic rings. The van der Waals surface area contributed by atoms with Crippen molar-refractivity contribution in [3.63, 3.8) is 0 Å². The van der Waals surface area contributed by atoms with E-state index in [0.29, 0.717) is 6.10 Å². The lowest BCUT2D eigenvalue weighted by Crippen LogP contribution is -2.06. The molecule has 0 N–H and O–H groups in total. The third-order valence-corrected chi connectivity index (χ3v) is 3.59. The van der Waals surface area contributed by atoms with Gasteiger partial charge in [0.25, 0.3) is 0 Å². The third-order valence-electron chi connectivity index (χ3n) is 3.59. The highest BCUT2D eigenvalue weighted by Gasteiger charge is 2.30. The molecule has 0 bridgehead atoms. The monoisotopic (exact) mass is 212 g/mol. The highest BCUT2D eigenvalue weighted by atomic mass is 16.6. The Kier molecular flexibility index (Phi) is 7.08. The standard InChI is InChI=1S/C14H28O/c1-3-5-6-7-8-9-10-11-13(4-2)14-12-15-14/h13-14H,3-12H2,1-2H3. The Morgan fingerprint density at radius 1 is 1.00 bits per heavy atom. The average molecular weight is 212 g/mol. The predicted octanol–water partition coefficient (Wildman–Crippen LogP) is 4.55. The van der Waals surface area contributed by atoms with Crippen molar-refractivity contribution in [2.45, 2.75) is 77.7 Å². The van der Waals surface area contributed by atoms with Crippen LogP contribution in [0.15, 0.2) is 0 Å². The van der Waals surface area contributed by atoms with E-state index in [1.54, 1.807) is 0 Å². The van der Waals surface area contributed by atoms with Gasteiger partial charge in [0, 0.05) is 0 Å². The topological polar surface area (TPSA) is 12.5 Å². The molecule has 2 atom stereocenters. The molecular formula is C14H28O. The summed E-state index contributed by atoms with van der Waals surface area (Å²) in [6.07, 6.45) is 13.3. The van der Waals surface area contributed by atoms with Crippen LogP contribution in [-0.2, 0) is 4.74 Å². The molecule has 15 heavy (non-hydrogen) atoms. The molecule has 0 aliphatic carbocycles. The van der Waals surface area contributed by atoms with Gasteiger partial charge in [-0.05, 0) is 12.3 Å². The lowest BCUT2D eigenvalue weighted by atomic mass is 9.95. The van der Waals surface area contributed by atoms with Crippen LogP contribution in [0, 0.1) is 5.92 Å². The van der Waals surface area contributed by atoms with Crippen molar-refractivity contribution >= 4 is 0 Å². The quantitative estimate of drug-likeness (QED) is 0.382. The van der Waals surface area contributed by atoms with Gasteiger partial charge in [0.15, 0.2) is 0 Å². The van der Waals surface area contributed by atoms with Crippen LogP contribution in [0.2, 0.25) is 0 Å². The maximum Gasteiger partial charge on any atom is 0.0837 e. The Hall–Kier alpha value is -0.0400. The first-order valence-corrected chi connectivity index (χ1v) is 7.00. The summed E-state index contributed by atoms with van der Waals surface area (Å²) >= 11 is 0. The summed E-state index contributed by atoms with van der Waals surface area (Å²) in [6, 6.07) is 0. The van der Waals surface area contributed by atoms with E-state index in [9.17, 15) is 0 Å². The molecule has 1 fully saturated rings. The minimum absolute atomic E-state index is 0.634. The molecule has 1 nitrogen and oxygen atoms in total. The summed E-state index contributed by atoms with van der Waals surface area (Å²) in [4.78, 5) is 0. The SMILES string of the molecule is CCCCCCCCCC(CC)C1CO1. The Bertz CT molecular complexity index is 140. The van der Waals surface area contributed by atoms with E-state index in [-0.39, 0.29) is 0 Å². The number of hydrogen-bond donors (Lipinski definition) is 0. The fraction of sp³-hybridized carbons (Fsp3) is 1.00. The van der Waals surface area contributed by atoms with Crippen LogP contribution in [0.4, 0.5) is 0 Å². The second kappa shape index (κ2) is 8.15.